The van der Waals surface area contributed by atoms with E-state index in [1.165, 1.54) is 6.92 Å². The number of thiol groups is 2. The van der Waals surface area contributed by atoms with Crippen molar-refractivity contribution in [1.29, 1.82) is 0 Å². The van der Waals surface area contributed by atoms with E-state index in [1.807, 2.05) is 13.8 Å². The van der Waals surface area contributed by atoms with Gasteiger partial charge in [0.2, 0.25) is 17.7 Å². The van der Waals surface area contributed by atoms with Crippen LogP contribution >= 0.6 is 25.3 Å². The minimum atomic E-state index is -1.23. The lowest BCUT2D eigenvalue weighted by atomic mass is 10.0. The van der Waals surface area contributed by atoms with Crippen LogP contribution in [0.25, 0.3) is 0 Å². The largest absolute Gasteiger partial charge is 0.480 e. The predicted octanol–water partition coefficient (Wildman–Crippen LogP) is -1.22. The Labute approximate surface area is 164 Å². The summed E-state index contributed by atoms with van der Waals surface area (Å²) in [7, 11) is 0. The minimum Gasteiger partial charge on any atom is -0.480 e. The molecule has 9 nitrogen and oxygen atoms in total. The molecule has 0 aliphatic heterocycles. The van der Waals surface area contributed by atoms with Crippen LogP contribution in [0.3, 0.4) is 0 Å². The third-order valence-electron chi connectivity index (χ3n) is 3.43. The Hall–Kier alpha value is -1.46. The van der Waals surface area contributed by atoms with E-state index in [0.29, 0.717) is 6.42 Å². The third kappa shape index (κ3) is 8.77. The van der Waals surface area contributed by atoms with E-state index in [9.17, 15) is 19.2 Å². The van der Waals surface area contributed by atoms with Crippen molar-refractivity contribution in [3.8, 4) is 0 Å². The molecule has 0 fully saturated rings. The number of carbonyl (C=O) groups excluding carboxylic acids is 3. The second-order valence-electron chi connectivity index (χ2n) is 6.29. The lowest BCUT2D eigenvalue weighted by Gasteiger charge is -2.22. The summed E-state index contributed by atoms with van der Waals surface area (Å²) in [5.41, 5.74) is 5.77. The molecular weight excluding hydrogens is 380 g/mol. The van der Waals surface area contributed by atoms with E-state index < -0.39 is 47.9 Å². The first-order chi connectivity index (χ1) is 12.0. The molecule has 0 rings (SSSR count). The molecule has 0 saturated carbocycles. The maximum absolute atomic E-state index is 12.2. The van der Waals surface area contributed by atoms with Gasteiger partial charge in [-0.15, -0.1) is 0 Å². The van der Waals surface area contributed by atoms with Gasteiger partial charge in [0, 0.05) is 11.5 Å². The van der Waals surface area contributed by atoms with Crippen LogP contribution < -0.4 is 21.7 Å². The van der Waals surface area contributed by atoms with E-state index in [0.717, 1.165) is 0 Å². The SMILES string of the molecule is CC(C)CC(N)C(=O)NC(CS)C(=O)NC(C)C(=O)NC(CS)C(=O)O. The van der Waals surface area contributed by atoms with Crippen molar-refractivity contribution in [1.82, 2.24) is 16.0 Å². The average molecular weight is 409 g/mol. The molecule has 26 heavy (non-hydrogen) atoms. The zero-order chi connectivity index (χ0) is 20.4. The van der Waals surface area contributed by atoms with Crippen molar-refractivity contribution in [2.45, 2.75) is 51.4 Å². The maximum Gasteiger partial charge on any atom is 0.327 e. The van der Waals surface area contributed by atoms with Gasteiger partial charge in [0.25, 0.3) is 0 Å². The molecule has 0 heterocycles. The summed E-state index contributed by atoms with van der Waals surface area (Å²) in [6.07, 6.45) is 0.464. The molecule has 0 aliphatic carbocycles. The van der Waals surface area contributed by atoms with E-state index in [1.54, 1.807) is 0 Å². The van der Waals surface area contributed by atoms with Crippen LogP contribution in [-0.4, -0.2) is 64.5 Å². The molecule has 4 atom stereocenters. The van der Waals surface area contributed by atoms with Crippen molar-refractivity contribution in [3.63, 3.8) is 0 Å². The molecule has 0 aromatic carbocycles. The summed E-state index contributed by atoms with van der Waals surface area (Å²) in [5.74, 6) is -2.88. The zero-order valence-corrected chi connectivity index (χ0v) is 16.8. The van der Waals surface area contributed by atoms with Gasteiger partial charge >= 0.3 is 5.97 Å². The molecule has 3 amide bonds. The number of carboxylic acids is 1. The molecular formula is C15H28N4O5S2. The number of aliphatic carboxylic acids is 1. The highest BCUT2D eigenvalue weighted by Crippen LogP contribution is 2.03. The van der Waals surface area contributed by atoms with Crippen molar-refractivity contribution < 1.29 is 24.3 Å². The fourth-order valence-electron chi connectivity index (χ4n) is 1.95. The first-order valence-corrected chi connectivity index (χ1v) is 9.41. The summed E-state index contributed by atoms with van der Waals surface area (Å²) in [4.78, 5) is 47.1. The molecule has 6 N–H and O–H groups in total. The Morgan fingerprint density at radius 1 is 0.885 bits per heavy atom. The highest BCUT2D eigenvalue weighted by atomic mass is 32.1. The molecule has 11 heteroatoms. The monoisotopic (exact) mass is 408 g/mol. The standard InChI is InChI=1S/C15H28N4O5S2/c1-7(2)4-9(16)13(21)18-10(5-25)14(22)17-8(3)12(20)19-11(6-26)15(23)24/h7-11,25-26H,4-6,16H2,1-3H3,(H,17,22)(H,18,21)(H,19,20)(H,23,24). The zero-order valence-electron chi connectivity index (χ0n) is 15.1. The smallest absolute Gasteiger partial charge is 0.327 e. The molecule has 4 unspecified atom stereocenters. The van der Waals surface area contributed by atoms with Crippen molar-refractivity contribution >= 4 is 48.9 Å². The molecule has 0 saturated heterocycles. The predicted molar refractivity (Wildman–Crippen MR) is 104 cm³/mol. The number of hydrogen-bond acceptors (Lipinski definition) is 7. The number of nitrogens with one attached hydrogen (secondary N) is 3. The van der Waals surface area contributed by atoms with Crippen molar-refractivity contribution in [2.75, 3.05) is 11.5 Å². The van der Waals surface area contributed by atoms with Gasteiger partial charge in [0.15, 0.2) is 0 Å². The Balaban J connectivity index is 4.71. The number of nitrogens with two attached hydrogens (primary N) is 1. The van der Waals surface area contributed by atoms with Crippen molar-refractivity contribution in [3.05, 3.63) is 0 Å². The maximum atomic E-state index is 12.2. The quantitative estimate of drug-likeness (QED) is 0.213. The highest BCUT2D eigenvalue weighted by molar-refractivity contribution is 7.80. The van der Waals surface area contributed by atoms with E-state index in [-0.39, 0.29) is 17.4 Å². The van der Waals surface area contributed by atoms with Crippen LogP contribution in [0.15, 0.2) is 0 Å². The fraction of sp³-hybridized carbons (Fsp3) is 0.733. The first-order valence-electron chi connectivity index (χ1n) is 8.14. The number of amides is 3. The number of carbonyl (C=O) groups is 4. The molecule has 0 radical (unpaired) electrons. The van der Waals surface area contributed by atoms with Gasteiger partial charge in [0.1, 0.15) is 18.1 Å². The average Bonchev–Trinajstić information content (AvgIpc) is 2.55. The lowest BCUT2D eigenvalue weighted by Crippen LogP contribution is -2.57. The number of hydrogen-bond donors (Lipinski definition) is 7. The first kappa shape index (κ1) is 24.5. The van der Waals surface area contributed by atoms with E-state index in [2.05, 4.69) is 41.2 Å². The molecule has 150 valence electrons. The second-order valence-corrected chi connectivity index (χ2v) is 7.02. The number of rotatable bonds is 11. The molecule has 0 spiro atoms. The second kappa shape index (κ2) is 12.0. The van der Waals surface area contributed by atoms with Crippen LogP contribution in [0.5, 0.6) is 0 Å². The van der Waals surface area contributed by atoms with Gasteiger partial charge in [-0.3, -0.25) is 14.4 Å². The third-order valence-corrected chi connectivity index (χ3v) is 4.16. The Morgan fingerprint density at radius 2 is 1.38 bits per heavy atom. The molecule has 0 aromatic heterocycles. The van der Waals surface area contributed by atoms with E-state index >= 15 is 0 Å². The summed E-state index contributed by atoms with van der Waals surface area (Å²) in [6, 6.07) is -3.90. The van der Waals surface area contributed by atoms with Gasteiger partial charge < -0.3 is 26.8 Å². The van der Waals surface area contributed by atoms with Gasteiger partial charge in [-0.05, 0) is 19.3 Å². The highest BCUT2D eigenvalue weighted by Gasteiger charge is 2.27. The summed E-state index contributed by atoms with van der Waals surface area (Å²) >= 11 is 7.88. The molecule has 0 aliphatic rings. The Morgan fingerprint density at radius 3 is 1.81 bits per heavy atom. The lowest BCUT2D eigenvalue weighted by molar-refractivity contribution is -0.141. The summed E-state index contributed by atoms with van der Waals surface area (Å²) in [6.45, 7) is 5.24. The normalized spacial score (nSPS) is 15.5. The van der Waals surface area contributed by atoms with Gasteiger partial charge in [-0.2, -0.15) is 25.3 Å². The minimum absolute atomic E-state index is 0.00863. The topological polar surface area (TPSA) is 151 Å². The van der Waals surface area contributed by atoms with Crippen LogP contribution in [0.2, 0.25) is 0 Å². The number of carboxylic acid groups (broad SMARTS) is 1. The van der Waals surface area contributed by atoms with Crippen LogP contribution in [0.4, 0.5) is 0 Å². The van der Waals surface area contributed by atoms with Gasteiger partial charge in [-0.1, -0.05) is 13.8 Å². The molecule has 0 aromatic rings. The van der Waals surface area contributed by atoms with Gasteiger partial charge in [-0.25, -0.2) is 4.79 Å². The van der Waals surface area contributed by atoms with Crippen LogP contribution in [0.1, 0.15) is 27.2 Å². The van der Waals surface area contributed by atoms with Crippen LogP contribution in [-0.2, 0) is 19.2 Å². The van der Waals surface area contributed by atoms with E-state index in [4.69, 9.17) is 10.8 Å². The summed E-state index contributed by atoms with van der Waals surface area (Å²) in [5, 5.41) is 16.1. The van der Waals surface area contributed by atoms with Crippen molar-refractivity contribution in [2.24, 2.45) is 11.7 Å². The van der Waals surface area contributed by atoms with Crippen LogP contribution in [0, 0.1) is 5.92 Å². The molecule has 0 bridgehead atoms. The Bertz CT molecular complexity index is 518. The fourth-order valence-corrected chi connectivity index (χ4v) is 2.45. The summed E-state index contributed by atoms with van der Waals surface area (Å²) < 4.78 is 0. The Kier molecular flexibility index (Phi) is 11.3. The van der Waals surface area contributed by atoms with Gasteiger partial charge in [0.05, 0.1) is 6.04 Å².